The maximum atomic E-state index is 9.10. The lowest BCUT2D eigenvalue weighted by Gasteiger charge is -2.24. The van der Waals surface area contributed by atoms with Crippen LogP contribution in [0.2, 0.25) is 0 Å². The van der Waals surface area contributed by atoms with E-state index in [1.807, 2.05) is 11.9 Å². The third kappa shape index (κ3) is 6.54. The smallest absolute Gasteiger partial charge is 0.0653 e. The van der Waals surface area contributed by atoms with E-state index in [2.05, 4.69) is 5.43 Å². The van der Waals surface area contributed by atoms with Crippen LogP contribution < -0.4 is 5.43 Å². The van der Waals surface area contributed by atoms with Crippen LogP contribution in [0, 0.1) is 0 Å². The Bertz CT molecular complexity index is 97.2. The van der Waals surface area contributed by atoms with Crippen molar-refractivity contribution in [3.8, 4) is 0 Å². The normalized spacial score (nSPS) is 16.5. The fourth-order valence-corrected chi connectivity index (χ4v) is 1.07. The van der Waals surface area contributed by atoms with Gasteiger partial charge in [-0.2, -0.15) is 0 Å². The van der Waals surface area contributed by atoms with Gasteiger partial charge >= 0.3 is 0 Å². The second kappa shape index (κ2) is 6.37. The number of nitrogens with one attached hydrogen (secondary N) is 1. The standard InChI is InChI=1S/C8H20N2O2/c1-4-9-10(5-7(2)11)6-8(3)12/h7-9,11-12H,4-6H2,1-3H3. The number of nitrogens with zero attached hydrogens (tertiary/aromatic N) is 1. The Balaban J connectivity index is 3.69. The summed E-state index contributed by atoms with van der Waals surface area (Å²) >= 11 is 0. The average molecular weight is 176 g/mol. The molecule has 0 aromatic heterocycles. The third-order valence-corrected chi connectivity index (χ3v) is 1.35. The van der Waals surface area contributed by atoms with Gasteiger partial charge in [0.2, 0.25) is 0 Å². The summed E-state index contributed by atoms with van der Waals surface area (Å²) in [7, 11) is 0. The first-order chi connectivity index (χ1) is 5.56. The van der Waals surface area contributed by atoms with Crippen molar-refractivity contribution in [2.45, 2.75) is 33.0 Å². The van der Waals surface area contributed by atoms with Crippen LogP contribution >= 0.6 is 0 Å². The number of hydrogen-bond acceptors (Lipinski definition) is 4. The minimum absolute atomic E-state index is 0.372. The van der Waals surface area contributed by atoms with Gasteiger partial charge in [0.05, 0.1) is 12.2 Å². The molecular formula is C8H20N2O2. The molecule has 2 unspecified atom stereocenters. The molecule has 0 aliphatic heterocycles. The molecule has 74 valence electrons. The Kier molecular flexibility index (Phi) is 6.28. The van der Waals surface area contributed by atoms with Crippen molar-refractivity contribution in [3.63, 3.8) is 0 Å². The molecule has 0 rings (SSSR count). The number of aliphatic hydroxyl groups is 2. The van der Waals surface area contributed by atoms with Gasteiger partial charge in [0.15, 0.2) is 0 Å². The van der Waals surface area contributed by atoms with E-state index in [0.717, 1.165) is 6.54 Å². The Labute approximate surface area is 74.2 Å². The Hall–Kier alpha value is -0.160. The predicted molar refractivity (Wildman–Crippen MR) is 48.6 cm³/mol. The van der Waals surface area contributed by atoms with Gasteiger partial charge < -0.3 is 10.2 Å². The first kappa shape index (κ1) is 11.8. The maximum absolute atomic E-state index is 9.10. The fourth-order valence-electron chi connectivity index (χ4n) is 1.07. The molecule has 0 saturated heterocycles. The van der Waals surface area contributed by atoms with Crippen molar-refractivity contribution in [1.82, 2.24) is 10.4 Å². The highest BCUT2D eigenvalue weighted by atomic mass is 16.3. The summed E-state index contributed by atoms with van der Waals surface area (Å²) in [6.45, 7) is 7.33. The van der Waals surface area contributed by atoms with Crippen LogP contribution in [-0.4, -0.2) is 47.1 Å². The van der Waals surface area contributed by atoms with Gasteiger partial charge in [-0.1, -0.05) is 6.92 Å². The van der Waals surface area contributed by atoms with Crippen LogP contribution in [-0.2, 0) is 0 Å². The van der Waals surface area contributed by atoms with E-state index in [1.165, 1.54) is 0 Å². The van der Waals surface area contributed by atoms with Crippen LogP contribution in [0.25, 0.3) is 0 Å². The van der Waals surface area contributed by atoms with Gasteiger partial charge in [-0.15, -0.1) is 0 Å². The molecule has 4 nitrogen and oxygen atoms in total. The predicted octanol–water partition coefficient (Wildman–Crippen LogP) is -0.425. The Morgan fingerprint density at radius 2 is 1.58 bits per heavy atom. The van der Waals surface area contributed by atoms with E-state index in [9.17, 15) is 0 Å². The van der Waals surface area contributed by atoms with Gasteiger partial charge in [0, 0.05) is 19.6 Å². The monoisotopic (exact) mass is 176 g/mol. The first-order valence-corrected chi connectivity index (χ1v) is 4.40. The van der Waals surface area contributed by atoms with E-state index in [1.54, 1.807) is 13.8 Å². The molecule has 0 spiro atoms. The zero-order chi connectivity index (χ0) is 9.56. The number of rotatable bonds is 6. The number of aliphatic hydroxyl groups excluding tert-OH is 2. The van der Waals surface area contributed by atoms with Crippen LogP contribution in [0.4, 0.5) is 0 Å². The summed E-state index contributed by atoms with van der Waals surface area (Å²) < 4.78 is 0. The van der Waals surface area contributed by atoms with E-state index in [4.69, 9.17) is 10.2 Å². The number of hydrogen-bond donors (Lipinski definition) is 3. The second-order valence-electron chi connectivity index (χ2n) is 3.11. The second-order valence-corrected chi connectivity index (χ2v) is 3.11. The molecule has 0 amide bonds. The van der Waals surface area contributed by atoms with Gasteiger partial charge in [-0.25, -0.2) is 5.01 Å². The average Bonchev–Trinajstić information content (AvgIpc) is 1.84. The molecule has 2 atom stereocenters. The molecule has 0 radical (unpaired) electrons. The van der Waals surface area contributed by atoms with Crippen LogP contribution in [0.15, 0.2) is 0 Å². The van der Waals surface area contributed by atoms with Gasteiger partial charge in [-0.05, 0) is 13.8 Å². The Morgan fingerprint density at radius 3 is 1.83 bits per heavy atom. The summed E-state index contributed by atoms with van der Waals surface area (Å²) in [5.41, 5.74) is 3.06. The van der Waals surface area contributed by atoms with Crippen molar-refractivity contribution >= 4 is 0 Å². The first-order valence-electron chi connectivity index (χ1n) is 4.40. The van der Waals surface area contributed by atoms with Gasteiger partial charge in [0.25, 0.3) is 0 Å². The molecule has 0 aromatic rings. The minimum Gasteiger partial charge on any atom is -0.392 e. The lowest BCUT2D eigenvalue weighted by Crippen LogP contribution is -2.45. The summed E-state index contributed by atoms with van der Waals surface area (Å²) in [6, 6.07) is 0. The van der Waals surface area contributed by atoms with Crippen LogP contribution in [0.1, 0.15) is 20.8 Å². The summed E-state index contributed by atoms with van der Waals surface area (Å²) in [4.78, 5) is 0. The van der Waals surface area contributed by atoms with E-state index >= 15 is 0 Å². The van der Waals surface area contributed by atoms with Crippen molar-refractivity contribution in [2.24, 2.45) is 0 Å². The van der Waals surface area contributed by atoms with Gasteiger partial charge in [0.1, 0.15) is 0 Å². The summed E-state index contributed by atoms with van der Waals surface area (Å²) in [5, 5.41) is 20.0. The maximum Gasteiger partial charge on any atom is 0.0653 e. The highest BCUT2D eigenvalue weighted by Crippen LogP contribution is 1.91. The molecule has 4 heteroatoms. The third-order valence-electron chi connectivity index (χ3n) is 1.35. The SMILES string of the molecule is CCNN(CC(C)O)CC(C)O. The van der Waals surface area contributed by atoms with Crippen LogP contribution in [0.3, 0.4) is 0 Å². The quantitative estimate of drug-likeness (QED) is 0.481. The molecule has 0 saturated carbocycles. The van der Waals surface area contributed by atoms with E-state index in [-0.39, 0.29) is 12.2 Å². The zero-order valence-electron chi connectivity index (χ0n) is 8.12. The topological polar surface area (TPSA) is 55.7 Å². The molecular weight excluding hydrogens is 156 g/mol. The number of hydrazine groups is 1. The molecule has 0 fully saturated rings. The molecule has 12 heavy (non-hydrogen) atoms. The van der Waals surface area contributed by atoms with Crippen molar-refractivity contribution < 1.29 is 10.2 Å². The molecule has 0 heterocycles. The summed E-state index contributed by atoms with van der Waals surface area (Å²) in [6.07, 6.45) is -0.745. The molecule has 0 aromatic carbocycles. The largest absolute Gasteiger partial charge is 0.392 e. The zero-order valence-corrected chi connectivity index (χ0v) is 8.12. The van der Waals surface area contributed by atoms with E-state index < -0.39 is 0 Å². The fraction of sp³-hybridized carbons (Fsp3) is 1.00. The van der Waals surface area contributed by atoms with Crippen molar-refractivity contribution in [2.75, 3.05) is 19.6 Å². The van der Waals surface area contributed by atoms with Crippen molar-refractivity contribution in [1.29, 1.82) is 0 Å². The summed E-state index contributed by atoms with van der Waals surface area (Å²) in [5.74, 6) is 0. The lowest BCUT2D eigenvalue weighted by atomic mass is 10.3. The molecule has 0 aliphatic rings. The highest BCUT2D eigenvalue weighted by Gasteiger charge is 2.08. The van der Waals surface area contributed by atoms with Crippen molar-refractivity contribution in [3.05, 3.63) is 0 Å². The van der Waals surface area contributed by atoms with E-state index in [0.29, 0.717) is 13.1 Å². The Morgan fingerprint density at radius 1 is 1.17 bits per heavy atom. The minimum atomic E-state index is -0.372. The van der Waals surface area contributed by atoms with Crippen LogP contribution in [0.5, 0.6) is 0 Å². The molecule has 0 bridgehead atoms. The molecule has 3 N–H and O–H groups in total. The lowest BCUT2D eigenvalue weighted by molar-refractivity contribution is 0.0534. The van der Waals surface area contributed by atoms with Gasteiger partial charge in [-0.3, -0.25) is 5.43 Å². The molecule has 0 aliphatic carbocycles. The highest BCUT2D eigenvalue weighted by molar-refractivity contribution is 4.59.